The van der Waals surface area contributed by atoms with E-state index in [4.69, 9.17) is 0 Å². The summed E-state index contributed by atoms with van der Waals surface area (Å²) in [5, 5.41) is 2.68. The van der Waals surface area contributed by atoms with Gasteiger partial charge in [0, 0.05) is 18.7 Å². The number of nitrogens with one attached hydrogen (secondary N) is 1. The molecular weight excluding hydrogens is 440 g/mol. The minimum absolute atomic E-state index is 0.0326. The zero-order valence-corrected chi connectivity index (χ0v) is 19.0. The Bertz CT molecular complexity index is 1060. The van der Waals surface area contributed by atoms with Gasteiger partial charge in [0.15, 0.2) is 0 Å². The molecule has 2 rings (SSSR count). The van der Waals surface area contributed by atoms with Crippen molar-refractivity contribution in [3.63, 3.8) is 0 Å². The van der Waals surface area contributed by atoms with Gasteiger partial charge in [-0.15, -0.1) is 0 Å². The molecule has 2 amide bonds. The minimum Gasteiger partial charge on any atom is -0.354 e. The molecule has 0 aromatic heterocycles. The predicted octanol–water partition coefficient (Wildman–Crippen LogP) is 2.67. The number of halogens is 2. The fourth-order valence-corrected chi connectivity index (χ4v) is 3.88. The van der Waals surface area contributed by atoms with Gasteiger partial charge in [-0.1, -0.05) is 31.2 Å². The van der Waals surface area contributed by atoms with Crippen LogP contribution in [0.5, 0.6) is 0 Å². The second kappa shape index (κ2) is 11.0. The molecule has 2 aromatic rings. The standard InChI is InChI=1S/C22H27F2N3O4S/c1-4-12-25-22(29)16(2)26(14-17-8-5-6-11-20(17)24)21(28)15-27(32(3,30)31)19-10-7-9-18(23)13-19/h5-11,13,16H,4,12,14-15H2,1-3H3,(H,25,29). The summed E-state index contributed by atoms with van der Waals surface area (Å²) in [6.07, 6.45) is 1.57. The third kappa shape index (κ3) is 6.74. The molecule has 0 saturated heterocycles. The van der Waals surface area contributed by atoms with Crippen LogP contribution in [0.1, 0.15) is 25.8 Å². The number of nitrogens with zero attached hydrogens (tertiary/aromatic N) is 2. The smallest absolute Gasteiger partial charge is 0.244 e. The van der Waals surface area contributed by atoms with Crippen LogP contribution in [0.2, 0.25) is 0 Å². The fraction of sp³-hybridized carbons (Fsp3) is 0.364. The first kappa shape index (κ1) is 25.3. The summed E-state index contributed by atoms with van der Waals surface area (Å²) in [5.74, 6) is -2.41. The van der Waals surface area contributed by atoms with Crippen molar-refractivity contribution in [2.24, 2.45) is 0 Å². The third-order valence-corrected chi connectivity index (χ3v) is 5.93. The Morgan fingerprint density at radius 1 is 1.09 bits per heavy atom. The Morgan fingerprint density at radius 2 is 1.78 bits per heavy atom. The molecule has 2 aromatic carbocycles. The molecule has 1 N–H and O–H groups in total. The van der Waals surface area contributed by atoms with Gasteiger partial charge in [0.1, 0.15) is 24.2 Å². The van der Waals surface area contributed by atoms with Crippen molar-refractivity contribution in [1.29, 1.82) is 0 Å². The molecule has 7 nitrogen and oxygen atoms in total. The maximum Gasteiger partial charge on any atom is 0.244 e. The molecule has 0 heterocycles. The summed E-state index contributed by atoms with van der Waals surface area (Å²) in [6, 6.07) is 9.63. The van der Waals surface area contributed by atoms with E-state index in [9.17, 15) is 26.8 Å². The van der Waals surface area contributed by atoms with Crippen LogP contribution in [0.3, 0.4) is 0 Å². The van der Waals surface area contributed by atoms with Crippen LogP contribution < -0.4 is 9.62 Å². The summed E-state index contributed by atoms with van der Waals surface area (Å²) in [7, 11) is -3.96. The Hall–Kier alpha value is -3.01. The molecule has 10 heteroatoms. The summed E-state index contributed by atoms with van der Waals surface area (Å²) in [4.78, 5) is 26.9. The molecule has 0 aliphatic rings. The summed E-state index contributed by atoms with van der Waals surface area (Å²) in [6.45, 7) is 2.83. The maximum absolute atomic E-state index is 14.3. The van der Waals surface area contributed by atoms with Crippen molar-refractivity contribution in [3.8, 4) is 0 Å². The van der Waals surface area contributed by atoms with Gasteiger partial charge in [-0.2, -0.15) is 0 Å². The minimum atomic E-state index is -3.96. The van der Waals surface area contributed by atoms with E-state index < -0.39 is 46.1 Å². The van der Waals surface area contributed by atoms with Gasteiger partial charge >= 0.3 is 0 Å². The molecule has 1 atom stereocenters. The topological polar surface area (TPSA) is 86.8 Å². The quantitative estimate of drug-likeness (QED) is 0.582. The van der Waals surface area contributed by atoms with Crippen LogP contribution in [0.15, 0.2) is 48.5 Å². The molecular formula is C22H27F2N3O4S. The van der Waals surface area contributed by atoms with Gasteiger partial charge in [0.2, 0.25) is 21.8 Å². The number of sulfonamides is 1. The molecule has 0 radical (unpaired) electrons. The summed E-state index contributed by atoms with van der Waals surface area (Å²) >= 11 is 0. The van der Waals surface area contributed by atoms with Crippen molar-refractivity contribution in [2.75, 3.05) is 23.7 Å². The van der Waals surface area contributed by atoms with Crippen molar-refractivity contribution in [1.82, 2.24) is 10.2 Å². The average Bonchev–Trinajstić information content (AvgIpc) is 2.73. The number of rotatable bonds is 10. The summed E-state index contributed by atoms with van der Waals surface area (Å²) in [5.41, 5.74) is 0.141. The lowest BCUT2D eigenvalue weighted by Gasteiger charge is -2.31. The van der Waals surface area contributed by atoms with Gasteiger partial charge in [0.25, 0.3) is 0 Å². The fourth-order valence-electron chi connectivity index (χ4n) is 3.03. The summed E-state index contributed by atoms with van der Waals surface area (Å²) < 4.78 is 53.4. The molecule has 0 bridgehead atoms. The monoisotopic (exact) mass is 467 g/mol. The zero-order chi connectivity index (χ0) is 23.9. The van der Waals surface area contributed by atoms with Crippen LogP contribution in [0, 0.1) is 11.6 Å². The largest absolute Gasteiger partial charge is 0.354 e. The second-order valence-electron chi connectivity index (χ2n) is 7.33. The molecule has 0 fully saturated rings. The van der Waals surface area contributed by atoms with Gasteiger partial charge in [-0.05, 0) is 37.6 Å². The van der Waals surface area contributed by atoms with Crippen molar-refractivity contribution in [2.45, 2.75) is 32.9 Å². The maximum atomic E-state index is 14.3. The Labute approximate surface area is 187 Å². The number of hydrogen-bond donors (Lipinski definition) is 1. The van der Waals surface area contributed by atoms with E-state index in [0.717, 1.165) is 27.6 Å². The highest BCUT2D eigenvalue weighted by atomic mass is 32.2. The number of hydrogen-bond acceptors (Lipinski definition) is 4. The van der Waals surface area contributed by atoms with Gasteiger partial charge in [0.05, 0.1) is 11.9 Å². The van der Waals surface area contributed by atoms with E-state index in [1.807, 2.05) is 6.92 Å². The molecule has 0 spiro atoms. The highest BCUT2D eigenvalue weighted by Crippen LogP contribution is 2.20. The van der Waals surface area contributed by atoms with E-state index in [0.29, 0.717) is 13.0 Å². The lowest BCUT2D eigenvalue weighted by Crippen LogP contribution is -2.51. The van der Waals surface area contributed by atoms with Gasteiger partial charge < -0.3 is 10.2 Å². The average molecular weight is 468 g/mol. The SMILES string of the molecule is CCCNC(=O)C(C)N(Cc1ccccc1F)C(=O)CN(c1cccc(F)c1)S(C)(=O)=O. The van der Waals surface area contributed by atoms with E-state index in [1.165, 1.54) is 37.3 Å². The molecule has 1 unspecified atom stereocenters. The zero-order valence-electron chi connectivity index (χ0n) is 18.2. The highest BCUT2D eigenvalue weighted by molar-refractivity contribution is 7.92. The molecule has 0 aliphatic carbocycles. The molecule has 0 saturated carbocycles. The van der Waals surface area contributed by atoms with Crippen molar-refractivity contribution in [3.05, 3.63) is 65.7 Å². The lowest BCUT2D eigenvalue weighted by molar-refractivity contribution is -0.139. The number of carbonyl (C=O) groups is 2. The van der Waals surface area contributed by atoms with E-state index in [-0.39, 0.29) is 17.8 Å². The van der Waals surface area contributed by atoms with Crippen LogP contribution in [0.25, 0.3) is 0 Å². The van der Waals surface area contributed by atoms with Crippen LogP contribution in [0.4, 0.5) is 14.5 Å². The first-order valence-corrected chi connectivity index (χ1v) is 11.9. The van der Waals surface area contributed by atoms with Crippen LogP contribution >= 0.6 is 0 Å². The number of benzene rings is 2. The number of carbonyl (C=O) groups excluding carboxylic acids is 2. The predicted molar refractivity (Wildman–Crippen MR) is 118 cm³/mol. The van der Waals surface area contributed by atoms with Crippen LogP contribution in [-0.4, -0.2) is 50.5 Å². The van der Waals surface area contributed by atoms with Crippen molar-refractivity contribution < 1.29 is 26.8 Å². The second-order valence-corrected chi connectivity index (χ2v) is 9.24. The Morgan fingerprint density at radius 3 is 2.38 bits per heavy atom. The molecule has 32 heavy (non-hydrogen) atoms. The number of amides is 2. The van der Waals surface area contributed by atoms with Crippen LogP contribution in [-0.2, 0) is 26.2 Å². The van der Waals surface area contributed by atoms with E-state index in [1.54, 1.807) is 6.07 Å². The third-order valence-electron chi connectivity index (χ3n) is 4.79. The van der Waals surface area contributed by atoms with E-state index in [2.05, 4.69) is 5.32 Å². The van der Waals surface area contributed by atoms with Gasteiger partial charge in [-0.25, -0.2) is 17.2 Å². The number of anilines is 1. The first-order valence-electron chi connectivity index (χ1n) is 10.1. The normalized spacial score (nSPS) is 12.2. The molecule has 0 aliphatic heterocycles. The highest BCUT2D eigenvalue weighted by Gasteiger charge is 2.30. The van der Waals surface area contributed by atoms with Crippen molar-refractivity contribution >= 4 is 27.5 Å². The Balaban J connectivity index is 2.38. The lowest BCUT2D eigenvalue weighted by atomic mass is 10.1. The van der Waals surface area contributed by atoms with E-state index >= 15 is 0 Å². The Kier molecular flexibility index (Phi) is 8.71. The first-order chi connectivity index (χ1) is 15.0. The molecule has 174 valence electrons. The van der Waals surface area contributed by atoms with Gasteiger partial charge in [-0.3, -0.25) is 13.9 Å².